The molecule has 23 heavy (non-hydrogen) atoms. The number of hydrogen-bond donors (Lipinski definition) is 1. The van der Waals surface area contributed by atoms with Gasteiger partial charge in [-0.25, -0.2) is 0 Å². The fourth-order valence-corrected chi connectivity index (χ4v) is 3.20. The van der Waals surface area contributed by atoms with Gasteiger partial charge in [0, 0.05) is 37.0 Å². The van der Waals surface area contributed by atoms with Gasteiger partial charge >= 0.3 is 0 Å². The SMILES string of the molecule is CCN(CC)C[C@H]1CCN(C(=O)c2cc(C(C)C)[nH]c(=O)c2)C1. The standard InChI is InChI=1S/C18H29N3O2/c1-5-20(6-2)11-14-7-8-21(12-14)18(23)15-9-16(13(3)4)19-17(22)10-15/h9-10,13-14H,5-8,11-12H2,1-4H3,(H,19,22)/t14-/m1/s1. The van der Waals surface area contributed by atoms with Crippen LogP contribution in [0.5, 0.6) is 0 Å². The molecule has 0 bridgehead atoms. The van der Waals surface area contributed by atoms with Gasteiger partial charge in [-0.05, 0) is 37.4 Å². The predicted octanol–water partition coefficient (Wildman–Crippen LogP) is 2.30. The zero-order valence-corrected chi connectivity index (χ0v) is 14.8. The number of amides is 1. The Morgan fingerprint density at radius 3 is 2.65 bits per heavy atom. The largest absolute Gasteiger partial charge is 0.338 e. The van der Waals surface area contributed by atoms with Crippen molar-refractivity contribution in [3.63, 3.8) is 0 Å². The first-order valence-corrected chi connectivity index (χ1v) is 8.70. The first-order chi connectivity index (χ1) is 10.9. The highest BCUT2D eigenvalue weighted by atomic mass is 16.2. The third-order valence-corrected chi connectivity index (χ3v) is 4.72. The van der Waals surface area contributed by atoms with Crippen molar-refractivity contribution in [3.05, 3.63) is 33.7 Å². The first kappa shape index (κ1) is 17.7. The minimum absolute atomic E-state index is 0.0138. The Morgan fingerprint density at radius 1 is 1.35 bits per heavy atom. The number of pyridine rings is 1. The molecular formula is C18H29N3O2. The van der Waals surface area contributed by atoms with Crippen LogP contribution in [0.2, 0.25) is 0 Å². The second kappa shape index (κ2) is 7.77. The molecule has 0 spiro atoms. The number of aromatic amines is 1. The fraction of sp³-hybridized carbons (Fsp3) is 0.667. The minimum Gasteiger partial charge on any atom is -0.338 e. The van der Waals surface area contributed by atoms with Gasteiger partial charge in [-0.15, -0.1) is 0 Å². The van der Waals surface area contributed by atoms with Crippen LogP contribution in [0.4, 0.5) is 0 Å². The van der Waals surface area contributed by atoms with E-state index in [4.69, 9.17) is 0 Å². The van der Waals surface area contributed by atoms with Gasteiger partial charge in [0.2, 0.25) is 5.56 Å². The molecule has 2 heterocycles. The van der Waals surface area contributed by atoms with Crippen LogP contribution in [0.15, 0.2) is 16.9 Å². The summed E-state index contributed by atoms with van der Waals surface area (Å²) in [5.74, 6) is 0.718. The van der Waals surface area contributed by atoms with E-state index in [9.17, 15) is 9.59 Å². The van der Waals surface area contributed by atoms with E-state index in [0.29, 0.717) is 11.5 Å². The molecule has 0 radical (unpaired) electrons. The summed E-state index contributed by atoms with van der Waals surface area (Å²) in [6, 6.07) is 3.25. The molecule has 1 amide bonds. The lowest BCUT2D eigenvalue weighted by Gasteiger charge is -2.22. The van der Waals surface area contributed by atoms with Crippen LogP contribution in [0.3, 0.4) is 0 Å². The van der Waals surface area contributed by atoms with Gasteiger partial charge in [-0.3, -0.25) is 9.59 Å². The molecule has 2 rings (SSSR count). The van der Waals surface area contributed by atoms with E-state index in [1.807, 2.05) is 24.8 Å². The van der Waals surface area contributed by atoms with E-state index in [-0.39, 0.29) is 17.4 Å². The van der Waals surface area contributed by atoms with Crippen LogP contribution in [0.1, 0.15) is 56.1 Å². The van der Waals surface area contributed by atoms with Gasteiger partial charge in [0.25, 0.3) is 5.91 Å². The molecule has 0 saturated carbocycles. The summed E-state index contributed by atoms with van der Waals surface area (Å²) < 4.78 is 0. The van der Waals surface area contributed by atoms with Gasteiger partial charge in [-0.2, -0.15) is 0 Å². The second-order valence-electron chi connectivity index (χ2n) is 6.74. The molecule has 0 aliphatic carbocycles. The van der Waals surface area contributed by atoms with Crippen molar-refractivity contribution in [2.24, 2.45) is 5.92 Å². The van der Waals surface area contributed by atoms with Crippen molar-refractivity contribution >= 4 is 5.91 Å². The van der Waals surface area contributed by atoms with Crippen molar-refractivity contribution in [3.8, 4) is 0 Å². The molecule has 1 aromatic rings. The van der Waals surface area contributed by atoms with E-state index < -0.39 is 0 Å². The summed E-state index contributed by atoms with van der Waals surface area (Å²) in [7, 11) is 0. The maximum atomic E-state index is 12.7. The number of nitrogens with zero attached hydrogens (tertiary/aromatic N) is 2. The highest BCUT2D eigenvalue weighted by molar-refractivity contribution is 5.94. The van der Waals surface area contributed by atoms with Crippen molar-refractivity contribution in [2.75, 3.05) is 32.7 Å². The second-order valence-corrected chi connectivity index (χ2v) is 6.74. The topological polar surface area (TPSA) is 56.4 Å². The molecule has 0 aromatic carbocycles. The predicted molar refractivity (Wildman–Crippen MR) is 93.0 cm³/mol. The number of carbonyl (C=O) groups excluding carboxylic acids is 1. The third kappa shape index (κ3) is 4.44. The molecule has 1 aliphatic rings. The maximum Gasteiger partial charge on any atom is 0.254 e. The van der Waals surface area contributed by atoms with E-state index in [0.717, 1.165) is 44.8 Å². The summed E-state index contributed by atoms with van der Waals surface area (Å²) in [6.45, 7) is 13.1. The molecular weight excluding hydrogens is 290 g/mol. The van der Waals surface area contributed by atoms with E-state index >= 15 is 0 Å². The average molecular weight is 319 g/mol. The number of nitrogens with one attached hydrogen (secondary N) is 1. The number of hydrogen-bond acceptors (Lipinski definition) is 3. The van der Waals surface area contributed by atoms with Gasteiger partial charge in [0.05, 0.1) is 0 Å². The molecule has 1 N–H and O–H groups in total. The number of aromatic nitrogens is 1. The quantitative estimate of drug-likeness (QED) is 0.875. The van der Waals surface area contributed by atoms with Crippen molar-refractivity contribution in [2.45, 2.75) is 40.0 Å². The highest BCUT2D eigenvalue weighted by Crippen LogP contribution is 2.20. The summed E-state index contributed by atoms with van der Waals surface area (Å²) in [5.41, 5.74) is 1.14. The van der Waals surface area contributed by atoms with Crippen LogP contribution < -0.4 is 5.56 Å². The molecule has 128 valence electrons. The normalized spacial score (nSPS) is 18.2. The van der Waals surface area contributed by atoms with Crippen LogP contribution in [0.25, 0.3) is 0 Å². The zero-order chi connectivity index (χ0) is 17.0. The van der Waals surface area contributed by atoms with Crippen LogP contribution >= 0.6 is 0 Å². The molecule has 1 atom stereocenters. The Balaban J connectivity index is 2.06. The Hall–Kier alpha value is -1.62. The van der Waals surface area contributed by atoms with Crippen molar-refractivity contribution in [1.82, 2.24) is 14.8 Å². The smallest absolute Gasteiger partial charge is 0.254 e. The Labute approximate surface area is 138 Å². The van der Waals surface area contributed by atoms with Gasteiger partial charge < -0.3 is 14.8 Å². The lowest BCUT2D eigenvalue weighted by atomic mass is 10.1. The summed E-state index contributed by atoms with van der Waals surface area (Å²) in [4.78, 5) is 31.6. The van der Waals surface area contributed by atoms with Crippen molar-refractivity contribution in [1.29, 1.82) is 0 Å². The maximum absolute atomic E-state index is 12.7. The van der Waals surface area contributed by atoms with E-state index in [1.165, 1.54) is 6.07 Å². The van der Waals surface area contributed by atoms with Crippen LogP contribution in [-0.2, 0) is 0 Å². The fourth-order valence-electron chi connectivity index (χ4n) is 3.20. The lowest BCUT2D eigenvalue weighted by Crippen LogP contribution is -2.33. The van der Waals surface area contributed by atoms with Crippen molar-refractivity contribution < 1.29 is 4.79 Å². The summed E-state index contributed by atoms with van der Waals surface area (Å²) in [6.07, 6.45) is 1.04. The van der Waals surface area contributed by atoms with Gasteiger partial charge in [-0.1, -0.05) is 27.7 Å². The Bertz CT molecular complexity index is 590. The summed E-state index contributed by atoms with van der Waals surface area (Å²) in [5, 5.41) is 0. The number of rotatable bonds is 6. The Morgan fingerprint density at radius 2 is 2.04 bits per heavy atom. The zero-order valence-electron chi connectivity index (χ0n) is 14.8. The lowest BCUT2D eigenvalue weighted by molar-refractivity contribution is 0.0783. The molecule has 1 fully saturated rings. The highest BCUT2D eigenvalue weighted by Gasteiger charge is 2.28. The average Bonchev–Trinajstić information content (AvgIpc) is 2.99. The monoisotopic (exact) mass is 319 g/mol. The van der Waals surface area contributed by atoms with E-state index in [2.05, 4.69) is 23.7 Å². The molecule has 0 unspecified atom stereocenters. The molecule has 1 aromatic heterocycles. The molecule has 1 saturated heterocycles. The van der Waals surface area contributed by atoms with Crippen LogP contribution in [0, 0.1) is 5.92 Å². The number of carbonyl (C=O) groups is 1. The number of H-pyrrole nitrogens is 1. The van der Waals surface area contributed by atoms with E-state index in [1.54, 1.807) is 0 Å². The third-order valence-electron chi connectivity index (χ3n) is 4.72. The first-order valence-electron chi connectivity index (χ1n) is 8.70. The van der Waals surface area contributed by atoms with Gasteiger partial charge in [0.15, 0.2) is 0 Å². The Kier molecular flexibility index (Phi) is 5.99. The summed E-state index contributed by atoms with van der Waals surface area (Å²) >= 11 is 0. The molecule has 5 nitrogen and oxygen atoms in total. The number of likely N-dealkylation sites (tertiary alicyclic amines) is 1. The molecule has 1 aliphatic heterocycles. The van der Waals surface area contributed by atoms with Crippen LogP contribution in [-0.4, -0.2) is 53.4 Å². The molecule has 5 heteroatoms. The minimum atomic E-state index is -0.196. The van der Waals surface area contributed by atoms with Gasteiger partial charge in [0.1, 0.15) is 0 Å².